The van der Waals surface area contributed by atoms with Crippen LogP contribution >= 0.6 is 34.8 Å². The molecular weight excluding hydrogens is 237 g/mol. The second-order valence-electron chi connectivity index (χ2n) is 2.32. The van der Waals surface area contributed by atoms with Gasteiger partial charge in [0.1, 0.15) is 5.82 Å². The third-order valence-corrected chi connectivity index (χ3v) is 1.96. The lowest BCUT2D eigenvalue weighted by Gasteiger charge is -2.01. The van der Waals surface area contributed by atoms with E-state index in [0.717, 1.165) is 12.1 Å². The van der Waals surface area contributed by atoms with Gasteiger partial charge >= 0.3 is 0 Å². The highest BCUT2D eigenvalue weighted by molar-refractivity contribution is 6.55. The van der Waals surface area contributed by atoms with E-state index in [2.05, 4.69) is 0 Å². The number of hydrogen-bond donors (Lipinski definition) is 0. The van der Waals surface area contributed by atoms with Gasteiger partial charge in [-0.1, -0.05) is 34.8 Å². The van der Waals surface area contributed by atoms with Crippen molar-refractivity contribution < 1.29 is 9.18 Å². The van der Waals surface area contributed by atoms with Gasteiger partial charge in [-0.15, -0.1) is 0 Å². The quantitative estimate of drug-likeness (QED) is 0.572. The van der Waals surface area contributed by atoms with Crippen LogP contribution < -0.4 is 0 Å². The molecule has 0 bridgehead atoms. The molecule has 1 nitrogen and oxygen atoms in total. The van der Waals surface area contributed by atoms with E-state index in [1.807, 2.05) is 0 Å². The summed E-state index contributed by atoms with van der Waals surface area (Å²) < 4.78 is 12.7. The Balaban J connectivity index is 3.08. The second-order valence-corrected chi connectivity index (χ2v) is 3.86. The summed E-state index contributed by atoms with van der Waals surface area (Å²) >= 11 is 16.2. The summed E-state index contributed by atoms with van der Waals surface area (Å²) in [6, 6.07) is 3.44. The Morgan fingerprint density at radius 3 is 2.38 bits per heavy atom. The van der Waals surface area contributed by atoms with Crippen LogP contribution in [0.2, 0.25) is 5.02 Å². The Morgan fingerprint density at radius 2 is 1.92 bits per heavy atom. The van der Waals surface area contributed by atoms with Gasteiger partial charge in [-0.05, 0) is 18.2 Å². The average Bonchev–Trinajstić information content (AvgIpc) is 2.01. The van der Waals surface area contributed by atoms with E-state index >= 15 is 0 Å². The number of benzene rings is 1. The van der Waals surface area contributed by atoms with Crippen LogP contribution in [-0.2, 0) is 0 Å². The Labute approximate surface area is 89.4 Å². The molecule has 0 amide bonds. The number of Topliss-reactive ketones (excluding diaryl/α,β-unsaturated/α-hetero) is 1. The predicted molar refractivity (Wildman–Crippen MR) is 51.2 cm³/mol. The third-order valence-electron chi connectivity index (χ3n) is 1.35. The van der Waals surface area contributed by atoms with Crippen LogP contribution in [0.1, 0.15) is 10.4 Å². The topological polar surface area (TPSA) is 17.1 Å². The normalized spacial score (nSPS) is 10.5. The highest BCUT2D eigenvalue weighted by Crippen LogP contribution is 2.18. The van der Waals surface area contributed by atoms with Crippen LogP contribution in [-0.4, -0.2) is 10.6 Å². The van der Waals surface area contributed by atoms with E-state index < -0.39 is 16.4 Å². The summed E-state index contributed by atoms with van der Waals surface area (Å²) in [6.45, 7) is 0. The number of alkyl halides is 2. The van der Waals surface area contributed by atoms with Crippen LogP contribution in [0.3, 0.4) is 0 Å². The van der Waals surface area contributed by atoms with E-state index in [1.54, 1.807) is 0 Å². The van der Waals surface area contributed by atoms with E-state index in [9.17, 15) is 9.18 Å². The Morgan fingerprint density at radius 1 is 1.31 bits per heavy atom. The average molecular weight is 241 g/mol. The van der Waals surface area contributed by atoms with Crippen molar-refractivity contribution in [1.82, 2.24) is 0 Å². The van der Waals surface area contributed by atoms with Crippen molar-refractivity contribution in [3.05, 3.63) is 34.6 Å². The Kier molecular flexibility index (Phi) is 3.54. The van der Waals surface area contributed by atoms with Crippen molar-refractivity contribution in [2.24, 2.45) is 0 Å². The van der Waals surface area contributed by atoms with E-state index in [0.29, 0.717) is 0 Å². The Bertz CT molecular complexity index is 318. The molecule has 0 N–H and O–H groups in total. The largest absolute Gasteiger partial charge is 0.291 e. The molecule has 0 aliphatic heterocycles. The van der Waals surface area contributed by atoms with Crippen molar-refractivity contribution in [2.45, 2.75) is 4.84 Å². The number of carbonyl (C=O) groups excluding carboxylic acids is 1. The summed E-state index contributed by atoms with van der Waals surface area (Å²) in [7, 11) is 0. The van der Waals surface area contributed by atoms with Gasteiger partial charge < -0.3 is 0 Å². The van der Waals surface area contributed by atoms with Gasteiger partial charge in [0.2, 0.25) is 0 Å². The first-order valence-electron chi connectivity index (χ1n) is 3.29. The second kappa shape index (κ2) is 4.27. The zero-order chi connectivity index (χ0) is 10.0. The molecule has 0 atom stereocenters. The number of halogens is 4. The maximum absolute atomic E-state index is 12.7. The van der Waals surface area contributed by atoms with Crippen molar-refractivity contribution in [2.75, 3.05) is 0 Å². The fourth-order valence-corrected chi connectivity index (χ4v) is 1.30. The zero-order valence-electron chi connectivity index (χ0n) is 6.23. The first kappa shape index (κ1) is 10.8. The molecule has 1 aromatic rings. The van der Waals surface area contributed by atoms with Crippen molar-refractivity contribution in [3.8, 4) is 0 Å². The van der Waals surface area contributed by atoms with Crippen LogP contribution in [0.25, 0.3) is 0 Å². The molecule has 1 rings (SSSR count). The monoisotopic (exact) mass is 240 g/mol. The molecular formula is C8H4Cl3FO. The molecule has 0 saturated carbocycles. The van der Waals surface area contributed by atoms with Crippen molar-refractivity contribution >= 4 is 40.6 Å². The van der Waals surface area contributed by atoms with Crippen molar-refractivity contribution in [1.29, 1.82) is 0 Å². The van der Waals surface area contributed by atoms with Crippen LogP contribution in [0.4, 0.5) is 4.39 Å². The molecule has 0 saturated heterocycles. The summed E-state index contributed by atoms with van der Waals surface area (Å²) in [5.74, 6) is -1.16. The minimum atomic E-state index is -1.20. The molecule has 70 valence electrons. The minimum absolute atomic E-state index is 0.0694. The van der Waals surface area contributed by atoms with E-state index in [-0.39, 0.29) is 10.6 Å². The van der Waals surface area contributed by atoms with Crippen LogP contribution in [0.5, 0.6) is 0 Å². The SMILES string of the molecule is O=C(c1cc(F)cc(Cl)c1)C(Cl)Cl. The zero-order valence-corrected chi connectivity index (χ0v) is 8.50. The molecule has 0 aliphatic rings. The molecule has 0 spiro atoms. The molecule has 0 unspecified atom stereocenters. The summed E-state index contributed by atoms with van der Waals surface area (Å²) in [5, 5.41) is 0.136. The maximum atomic E-state index is 12.7. The minimum Gasteiger partial charge on any atom is -0.291 e. The first-order chi connectivity index (χ1) is 6.00. The fraction of sp³-hybridized carbons (Fsp3) is 0.125. The van der Waals surface area contributed by atoms with Crippen LogP contribution in [0.15, 0.2) is 18.2 Å². The van der Waals surface area contributed by atoms with Gasteiger partial charge in [0, 0.05) is 10.6 Å². The highest BCUT2D eigenvalue weighted by Gasteiger charge is 2.15. The molecule has 0 aromatic heterocycles. The lowest BCUT2D eigenvalue weighted by atomic mass is 10.1. The lowest BCUT2D eigenvalue weighted by Crippen LogP contribution is -2.08. The summed E-state index contributed by atoms with van der Waals surface area (Å²) in [4.78, 5) is 9.96. The van der Waals surface area contributed by atoms with Crippen molar-refractivity contribution in [3.63, 3.8) is 0 Å². The van der Waals surface area contributed by atoms with Crippen LogP contribution in [0, 0.1) is 5.82 Å². The molecule has 1 aromatic carbocycles. The lowest BCUT2D eigenvalue weighted by molar-refractivity contribution is 0.101. The molecule has 13 heavy (non-hydrogen) atoms. The molecule has 5 heteroatoms. The van der Waals surface area contributed by atoms with E-state index in [1.165, 1.54) is 6.07 Å². The van der Waals surface area contributed by atoms with Gasteiger partial charge in [-0.2, -0.15) is 0 Å². The number of hydrogen-bond acceptors (Lipinski definition) is 1. The smallest absolute Gasteiger partial charge is 0.195 e. The standard InChI is InChI=1S/C8H4Cl3FO/c9-5-1-4(2-6(12)3-5)7(13)8(10)11/h1-3,8H. The molecule has 0 heterocycles. The number of rotatable bonds is 2. The number of carbonyl (C=O) groups is 1. The summed E-state index contributed by atoms with van der Waals surface area (Å²) in [5.41, 5.74) is 0.0694. The van der Waals surface area contributed by atoms with Gasteiger partial charge in [0.05, 0.1) is 0 Å². The van der Waals surface area contributed by atoms with Gasteiger partial charge in [0.25, 0.3) is 0 Å². The maximum Gasteiger partial charge on any atom is 0.195 e. The van der Waals surface area contributed by atoms with Gasteiger partial charge in [-0.3, -0.25) is 4.79 Å². The number of ketones is 1. The first-order valence-corrected chi connectivity index (χ1v) is 4.54. The van der Waals surface area contributed by atoms with Gasteiger partial charge in [0.15, 0.2) is 10.6 Å². The molecule has 0 radical (unpaired) electrons. The Hall–Kier alpha value is -0.310. The molecule has 0 fully saturated rings. The summed E-state index contributed by atoms with van der Waals surface area (Å²) in [6.07, 6.45) is 0. The molecule has 0 aliphatic carbocycles. The predicted octanol–water partition coefficient (Wildman–Crippen LogP) is 3.47. The van der Waals surface area contributed by atoms with E-state index in [4.69, 9.17) is 34.8 Å². The fourth-order valence-electron chi connectivity index (χ4n) is 0.822. The van der Waals surface area contributed by atoms with Gasteiger partial charge in [-0.25, -0.2) is 4.39 Å². The third kappa shape index (κ3) is 2.83. The highest BCUT2D eigenvalue weighted by atomic mass is 35.5.